The fourth-order valence-corrected chi connectivity index (χ4v) is 6.54. The lowest BCUT2D eigenvalue weighted by Gasteiger charge is -2.18. The van der Waals surface area contributed by atoms with Crippen molar-refractivity contribution in [3.05, 3.63) is 60.8 Å². The van der Waals surface area contributed by atoms with Crippen molar-refractivity contribution in [2.45, 2.75) is 213 Å². The van der Waals surface area contributed by atoms with E-state index in [1.165, 1.54) is 122 Å². The molecule has 0 saturated heterocycles. The summed E-state index contributed by atoms with van der Waals surface area (Å²) < 4.78 is 26.4. The van der Waals surface area contributed by atoms with Crippen LogP contribution in [0.1, 0.15) is 206 Å². The number of hydrogen-bond acceptors (Lipinski definition) is 6. The Balaban J connectivity index is 3.99. The summed E-state index contributed by atoms with van der Waals surface area (Å²) in [5.74, 6) is -0.976. The van der Waals surface area contributed by atoms with Gasteiger partial charge in [0.05, 0.1) is 6.61 Å². The average molecular weight is 807 g/mol. The highest BCUT2D eigenvalue weighted by molar-refractivity contribution is 7.46. The fraction of sp³-hybridized carbons (Fsp3) is 0.745. The van der Waals surface area contributed by atoms with E-state index in [0.29, 0.717) is 12.8 Å². The molecule has 0 amide bonds. The number of ether oxygens (including phenoxy) is 2. The van der Waals surface area contributed by atoms with Crippen LogP contribution in [0.3, 0.4) is 0 Å². The van der Waals surface area contributed by atoms with Crippen molar-refractivity contribution in [3.8, 4) is 0 Å². The van der Waals surface area contributed by atoms with Gasteiger partial charge in [-0.05, 0) is 51.4 Å². The van der Waals surface area contributed by atoms with Gasteiger partial charge < -0.3 is 19.3 Å². The Morgan fingerprint density at radius 2 is 0.839 bits per heavy atom. The summed E-state index contributed by atoms with van der Waals surface area (Å²) in [5, 5.41) is 0. The van der Waals surface area contributed by atoms with Crippen LogP contribution in [0.25, 0.3) is 0 Å². The predicted molar refractivity (Wildman–Crippen MR) is 234 cm³/mol. The largest absolute Gasteiger partial charge is 0.469 e. The quantitative estimate of drug-likeness (QED) is 0.0271. The van der Waals surface area contributed by atoms with Crippen molar-refractivity contribution in [3.63, 3.8) is 0 Å². The van der Waals surface area contributed by atoms with Crippen LogP contribution in [0.5, 0.6) is 0 Å². The molecule has 2 N–H and O–H groups in total. The Bertz CT molecular complexity index is 1090. The Morgan fingerprint density at radius 1 is 0.464 bits per heavy atom. The minimum absolute atomic E-state index is 0.143. The first-order chi connectivity index (χ1) is 27.3. The van der Waals surface area contributed by atoms with E-state index in [-0.39, 0.29) is 19.4 Å². The van der Waals surface area contributed by atoms with Gasteiger partial charge in [-0.2, -0.15) is 0 Å². The summed E-state index contributed by atoms with van der Waals surface area (Å²) in [5.41, 5.74) is 0. The molecule has 0 aromatic carbocycles. The monoisotopic (exact) mass is 807 g/mol. The van der Waals surface area contributed by atoms with Crippen LogP contribution in [0.4, 0.5) is 0 Å². The molecule has 0 spiro atoms. The summed E-state index contributed by atoms with van der Waals surface area (Å²) in [4.78, 5) is 42.9. The van der Waals surface area contributed by atoms with Crippen LogP contribution in [-0.4, -0.2) is 41.0 Å². The Kier molecular flexibility index (Phi) is 40.7. The van der Waals surface area contributed by atoms with Crippen LogP contribution in [0.15, 0.2) is 60.8 Å². The van der Waals surface area contributed by atoms with Gasteiger partial charge in [-0.1, -0.05) is 203 Å². The van der Waals surface area contributed by atoms with E-state index in [1.807, 2.05) is 12.2 Å². The molecule has 0 fully saturated rings. The number of esters is 2. The zero-order valence-electron chi connectivity index (χ0n) is 35.8. The summed E-state index contributed by atoms with van der Waals surface area (Å²) in [6, 6.07) is 0. The van der Waals surface area contributed by atoms with Crippen molar-refractivity contribution in [1.29, 1.82) is 0 Å². The minimum atomic E-state index is -4.77. The van der Waals surface area contributed by atoms with Gasteiger partial charge in [0.1, 0.15) is 6.61 Å². The molecule has 56 heavy (non-hydrogen) atoms. The van der Waals surface area contributed by atoms with Gasteiger partial charge >= 0.3 is 19.8 Å². The van der Waals surface area contributed by atoms with Crippen LogP contribution in [0.2, 0.25) is 0 Å². The van der Waals surface area contributed by atoms with Crippen LogP contribution in [-0.2, 0) is 28.2 Å². The molecule has 0 aromatic rings. The first-order valence-electron chi connectivity index (χ1n) is 22.6. The number of phosphoric acid groups is 1. The average Bonchev–Trinajstić information content (AvgIpc) is 3.17. The summed E-state index contributed by atoms with van der Waals surface area (Å²) in [6.45, 7) is 3.61. The van der Waals surface area contributed by atoms with Gasteiger partial charge in [0.25, 0.3) is 0 Å². The number of hydrogen-bond donors (Lipinski definition) is 2. The third-order valence-electron chi connectivity index (χ3n) is 9.55. The molecule has 0 saturated carbocycles. The fourth-order valence-electron chi connectivity index (χ4n) is 6.18. The Hall–Kier alpha value is -2.25. The molecule has 0 rings (SSSR count). The Labute approximate surface area is 343 Å². The lowest BCUT2D eigenvalue weighted by molar-refractivity contribution is -0.161. The lowest BCUT2D eigenvalue weighted by Crippen LogP contribution is -2.29. The van der Waals surface area contributed by atoms with Gasteiger partial charge in [0.15, 0.2) is 6.10 Å². The molecule has 0 aliphatic heterocycles. The topological polar surface area (TPSA) is 119 Å². The molecule has 0 radical (unpaired) electrons. The SMILES string of the molecule is CCCCC/C=C\C/C=C\C/C=C\C/C=C\C/C=C\CCC(=O)OC[C@H](COP(=O)(O)O)OC(=O)CCCCCCCCCCCCCCCCCCCCC. The Morgan fingerprint density at radius 3 is 1.27 bits per heavy atom. The summed E-state index contributed by atoms with van der Waals surface area (Å²) >= 11 is 0. The molecule has 0 unspecified atom stereocenters. The highest BCUT2D eigenvalue weighted by Crippen LogP contribution is 2.36. The molecule has 9 heteroatoms. The molecule has 8 nitrogen and oxygen atoms in total. The molecule has 0 bridgehead atoms. The normalized spacial score (nSPS) is 13.0. The summed E-state index contributed by atoms with van der Waals surface area (Å²) in [6.07, 6.45) is 53.8. The molecule has 0 aliphatic carbocycles. The number of phosphoric ester groups is 1. The number of carbonyl (C=O) groups excluding carboxylic acids is 2. The van der Waals surface area contributed by atoms with E-state index in [4.69, 9.17) is 19.3 Å². The summed E-state index contributed by atoms with van der Waals surface area (Å²) in [7, 11) is -4.77. The third-order valence-corrected chi connectivity index (χ3v) is 10.0. The molecular formula is C47H83O8P. The molecule has 1 atom stereocenters. The van der Waals surface area contributed by atoms with Gasteiger partial charge in [0, 0.05) is 12.8 Å². The second-order valence-corrected chi connectivity index (χ2v) is 16.3. The first kappa shape index (κ1) is 53.8. The molecule has 0 heterocycles. The van der Waals surface area contributed by atoms with Crippen LogP contribution in [0, 0.1) is 0 Å². The molecule has 0 aliphatic rings. The van der Waals surface area contributed by atoms with E-state index in [2.05, 4.69) is 67.0 Å². The highest BCUT2D eigenvalue weighted by atomic mass is 31.2. The van der Waals surface area contributed by atoms with Crippen molar-refractivity contribution in [1.82, 2.24) is 0 Å². The van der Waals surface area contributed by atoms with Crippen molar-refractivity contribution >= 4 is 19.8 Å². The first-order valence-corrected chi connectivity index (χ1v) is 24.1. The van der Waals surface area contributed by atoms with Crippen molar-refractivity contribution < 1.29 is 37.9 Å². The minimum Gasteiger partial charge on any atom is -0.462 e. The maximum Gasteiger partial charge on any atom is 0.469 e. The molecular weight excluding hydrogens is 723 g/mol. The lowest BCUT2D eigenvalue weighted by atomic mass is 10.0. The van der Waals surface area contributed by atoms with Crippen molar-refractivity contribution in [2.24, 2.45) is 0 Å². The standard InChI is InChI=1S/C47H83O8P/c1-3-5-7-9-11-13-15-17-19-21-23-25-27-29-31-33-35-37-39-41-46(48)53-43-45(44-54-56(50,51)52)55-47(49)42-40-38-36-34-32-30-28-26-24-22-20-18-16-14-12-10-8-6-4-2/h11,13,17,19,23,25,29,31,35,37,45H,3-10,12,14-16,18,20-22,24,26-28,30,32-34,36,38-44H2,1-2H3,(H2,50,51,52)/b13-11-,19-17-,25-23-,31-29-,37-35-/t45-/m1/s1. The number of unbranched alkanes of at least 4 members (excludes halogenated alkanes) is 21. The van der Waals surface area contributed by atoms with E-state index >= 15 is 0 Å². The van der Waals surface area contributed by atoms with Crippen LogP contribution < -0.4 is 0 Å². The number of rotatable bonds is 41. The smallest absolute Gasteiger partial charge is 0.462 e. The van der Waals surface area contributed by atoms with E-state index in [1.54, 1.807) is 0 Å². The zero-order valence-corrected chi connectivity index (χ0v) is 36.7. The predicted octanol–water partition coefficient (Wildman–Crippen LogP) is 14.1. The molecule has 324 valence electrons. The highest BCUT2D eigenvalue weighted by Gasteiger charge is 2.22. The van der Waals surface area contributed by atoms with Gasteiger partial charge in [-0.3, -0.25) is 14.1 Å². The van der Waals surface area contributed by atoms with Crippen LogP contribution >= 0.6 is 7.82 Å². The number of carbonyl (C=O) groups is 2. The number of allylic oxidation sites excluding steroid dienone is 10. The maximum atomic E-state index is 12.4. The van der Waals surface area contributed by atoms with E-state index in [0.717, 1.165) is 44.9 Å². The zero-order chi connectivity index (χ0) is 41.1. The molecule has 0 aromatic heterocycles. The second-order valence-electron chi connectivity index (χ2n) is 15.0. The van der Waals surface area contributed by atoms with E-state index in [9.17, 15) is 14.2 Å². The van der Waals surface area contributed by atoms with Gasteiger partial charge in [-0.15, -0.1) is 0 Å². The van der Waals surface area contributed by atoms with Gasteiger partial charge in [0.2, 0.25) is 0 Å². The maximum absolute atomic E-state index is 12.4. The van der Waals surface area contributed by atoms with Crippen molar-refractivity contribution in [2.75, 3.05) is 13.2 Å². The van der Waals surface area contributed by atoms with Gasteiger partial charge in [-0.25, -0.2) is 4.57 Å². The van der Waals surface area contributed by atoms with E-state index < -0.39 is 32.5 Å². The third kappa shape index (κ3) is 44.5. The second kappa shape index (κ2) is 42.4.